The predicted molar refractivity (Wildman–Crippen MR) is 63.3 cm³/mol. The second-order valence-corrected chi connectivity index (χ2v) is 3.94. The quantitative estimate of drug-likeness (QED) is 0.792. The number of hydrogen-bond acceptors (Lipinski definition) is 1. The molecule has 1 aromatic rings. The number of halogens is 2. The van der Waals surface area contributed by atoms with Crippen LogP contribution in [0.5, 0.6) is 0 Å². The second-order valence-electron chi connectivity index (χ2n) is 3.57. The first kappa shape index (κ1) is 13.0. The molecular weight excluding hydrogens is 229 g/mol. The Labute approximate surface area is 99.8 Å². The Kier molecular flexibility index (Phi) is 5.26. The van der Waals surface area contributed by atoms with Gasteiger partial charge in [0.25, 0.3) is 5.91 Å². The number of carbonyl (C=O) groups is 1. The molecule has 0 aliphatic carbocycles. The molecule has 0 spiro atoms. The molecule has 0 saturated carbocycles. The van der Waals surface area contributed by atoms with Crippen molar-refractivity contribution < 1.29 is 9.18 Å². The van der Waals surface area contributed by atoms with Crippen molar-refractivity contribution in [3.63, 3.8) is 0 Å². The third kappa shape index (κ3) is 3.81. The van der Waals surface area contributed by atoms with Crippen molar-refractivity contribution in [3.8, 4) is 0 Å². The molecule has 1 rings (SSSR count). The minimum atomic E-state index is -0.405. The van der Waals surface area contributed by atoms with E-state index in [0.717, 1.165) is 12.8 Å². The normalized spacial score (nSPS) is 12.2. The highest BCUT2D eigenvalue weighted by Gasteiger charge is 2.11. The zero-order valence-corrected chi connectivity index (χ0v) is 9.93. The fraction of sp³-hybridized carbons (Fsp3) is 0.417. The van der Waals surface area contributed by atoms with E-state index in [2.05, 4.69) is 5.32 Å². The fourth-order valence-electron chi connectivity index (χ4n) is 1.41. The molecule has 1 unspecified atom stereocenters. The van der Waals surface area contributed by atoms with Crippen LogP contribution in [0.4, 0.5) is 4.39 Å². The van der Waals surface area contributed by atoms with Crippen LogP contribution in [0.1, 0.15) is 30.1 Å². The van der Waals surface area contributed by atoms with Crippen LogP contribution < -0.4 is 5.32 Å². The molecule has 2 nitrogen and oxygen atoms in total. The lowest BCUT2D eigenvalue weighted by atomic mass is 10.1. The van der Waals surface area contributed by atoms with E-state index < -0.39 is 5.82 Å². The third-order valence-electron chi connectivity index (χ3n) is 2.37. The van der Waals surface area contributed by atoms with Gasteiger partial charge >= 0.3 is 0 Å². The van der Waals surface area contributed by atoms with Crippen molar-refractivity contribution in [2.45, 2.75) is 25.8 Å². The highest BCUT2D eigenvalue weighted by Crippen LogP contribution is 2.06. The van der Waals surface area contributed by atoms with E-state index >= 15 is 0 Å². The molecule has 0 radical (unpaired) electrons. The van der Waals surface area contributed by atoms with Gasteiger partial charge in [-0.05, 0) is 31.0 Å². The van der Waals surface area contributed by atoms with Crippen LogP contribution in [0.25, 0.3) is 0 Å². The van der Waals surface area contributed by atoms with Crippen LogP contribution in [0.15, 0.2) is 24.3 Å². The van der Waals surface area contributed by atoms with Gasteiger partial charge in [-0.25, -0.2) is 4.39 Å². The highest BCUT2D eigenvalue weighted by atomic mass is 35.5. The van der Waals surface area contributed by atoms with Crippen molar-refractivity contribution in [3.05, 3.63) is 35.6 Å². The first-order chi connectivity index (χ1) is 7.67. The minimum absolute atomic E-state index is 0.0493. The number of rotatable bonds is 5. The summed E-state index contributed by atoms with van der Waals surface area (Å²) in [6, 6.07) is 5.70. The van der Waals surface area contributed by atoms with E-state index in [-0.39, 0.29) is 11.9 Å². The van der Waals surface area contributed by atoms with Crippen LogP contribution >= 0.6 is 11.6 Å². The van der Waals surface area contributed by atoms with Gasteiger partial charge in [-0.1, -0.05) is 13.0 Å². The molecule has 1 N–H and O–H groups in total. The molecule has 16 heavy (non-hydrogen) atoms. The lowest BCUT2D eigenvalue weighted by Gasteiger charge is -2.15. The lowest BCUT2D eigenvalue weighted by molar-refractivity contribution is 0.0934. The molecule has 1 atom stereocenters. The van der Waals surface area contributed by atoms with Crippen LogP contribution in [0.2, 0.25) is 0 Å². The summed E-state index contributed by atoms with van der Waals surface area (Å²) in [7, 11) is 0. The number of alkyl halides is 1. The molecule has 1 aromatic carbocycles. The van der Waals surface area contributed by atoms with Crippen LogP contribution in [-0.4, -0.2) is 17.8 Å². The van der Waals surface area contributed by atoms with Crippen molar-refractivity contribution >= 4 is 17.5 Å². The van der Waals surface area contributed by atoms with Crippen molar-refractivity contribution in [2.24, 2.45) is 0 Å². The summed E-state index contributed by atoms with van der Waals surface area (Å²) in [6.07, 6.45) is 1.53. The summed E-state index contributed by atoms with van der Waals surface area (Å²) >= 11 is 5.62. The molecule has 0 bridgehead atoms. The number of amides is 1. The summed E-state index contributed by atoms with van der Waals surface area (Å²) in [5.41, 5.74) is 0.341. The average molecular weight is 244 g/mol. The maximum Gasteiger partial charge on any atom is 0.251 e. The highest BCUT2D eigenvalue weighted by molar-refractivity contribution is 6.17. The molecule has 0 aliphatic rings. The van der Waals surface area contributed by atoms with Crippen molar-refractivity contribution in [2.75, 3.05) is 5.88 Å². The first-order valence-corrected chi connectivity index (χ1v) is 5.83. The Morgan fingerprint density at radius 1 is 1.56 bits per heavy atom. The van der Waals surface area contributed by atoms with Gasteiger partial charge in [-0.3, -0.25) is 4.79 Å². The summed E-state index contributed by atoms with van der Waals surface area (Å²) in [5.74, 6) is -0.156. The summed E-state index contributed by atoms with van der Waals surface area (Å²) in [4.78, 5) is 11.7. The fourth-order valence-corrected chi connectivity index (χ4v) is 1.67. The summed E-state index contributed by atoms with van der Waals surface area (Å²) in [5, 5.41) is 2.82. The smallest absolute Gasteiger partial charge is 0.251 e. The van der Waals surface area contributed by atoms with E-state index in [1.807, 2.05) is 6.92 Å². The van der Waals surface area contributed by atoms with E-state index in [9.17, 15) is 9.18 Å². The van der Waals surface area contributed by atoms with Crippen molar-refractivity contribution in [1.29, 1.82) is 0 Å². The maximum absolute atomic E-state index is 12.9. The van der Waals surface area contributed by atoms with Gasteiger partial charge in [0.1, 0.15) is 5.82 Å². The zero-order chi connectivity index (χ0) is 12.0. The van der Waals surface area contributed by atoms with Gasteiger partial charge in [-0.2, -0.15) is 0 Å². The SMILES string of the molecule is CCC(CCCl)NC(=O)c1cccc(F)c1. The predicted octanol–water partition coefficient (Wildman–Crippen LogP) is 2.96. The molecule has 0 fully saturated rings. The van der Waals surface area contributed by atoms with E-state index in [4.69, 9.17) is 11.6 Å². The van der Waals surface area contributed by atoms with Crippen LogP contribution in [0.3, 0.4) is 0 Å². The van der Waals surface area contributed by atoms with Crippen molar-refractivity contribution in [1.82, 2.24) is 5.32 Å². The molecule has 4 heteroatoms. The van der Waals surface area contributed by atoms with Gasteiger partial charge in [0, 0.05) is 17.5 Å². The number of nitrogens with one attached hydrogen (secondary N) is 1. The maximum atomic E-state index is 12.9. The van der Waals surface area contributed by atoms with E-state index in [1.54, 1.807) is 6.07 Å². The van der Waals surface area contributed by atoms with Gasteiger partial charge < -0.3 is 5.32 Å². The Bertz CT molecular complexity index is 357. The Morgan fingerprint density at radius 2 is 2.31 bits per heavy atom. The lowest BCUT2D eigenvalue weighted by Crippen LogP contribution is -2.34. The molecule has 0 saturated heterocycles. The largest absolute Gasteiger partial charge is 0.349 e. The molecule has 1 amide bonds. The average Bonchev–Trinajstić information content (AvgIpc) is 2.28. The zero-order valence-electron chi connectivity index (χ0n) is 9.17. The standard InChI is InChI=1S/C12H15ClFNO/c1-2-11(6-7-13)15-12(16)9-4-3-5-10(14)8-9/h3-5,8,11H,2,6-7H2,1H3,(H,15,16). The topological polar surface area (TPSA) is 29.1 Å². The molecular formula is C12H15ClFNO. The Balaban J connectivity index is 2.64. The van der Waals surface area contributed by atoms with Gasteiger partial charge in [-0.15, -0.1) is 11.6 Å². The molecule has 0 aromatic heterocycles. The second kappa shape index (κ2) is 6.48. The number of benzene rings is 1. The van der Waals surface area contributed by atoms with Crippen LogP contribution in [-0.2, 0) is 0 Å². The van der Waals surface area contributed by atoms with E-state index in [1.165, 1.54) is 18.2 Å². The Hall–Kier alpha value is -1.09. The Morgan fingerprint density at radius 3 is 2.88 bits per heavy atom. The van der Waals surface area contributed by atoms with Gasteiger partial charge in [0.05, 0.1) is 0 Å². The summed E-state index contributed by atoms with van der Waals surface area (Å²) in [6.45, 7) is 1.98. The molecule has 88 valence electrons. The van der Waals surface area contributed by atoms with Gasteiger partial charge in [0.2, 0.25) is 0 Å². The number of hydrogen-bond donors (Lipinski definition) is 1. The van der Waals surface area contributed by atoms with E-state index in [0.29, 0.717) is 11.4 Å². The van der Waals surface area contributed by atoms with Gasteiger partial charge in [0.15, 0.2) is 0 Å². The first-order valence-electron chi connectivity index (χ1n) is 5.29. The number of carbonyl (C=O) groups excluding carboxylic acids is 1. The minimum Gasteiger partial charge on any atom is -0.349 e. The summed E-state index contributed by atoms with van der Waals surface area (Å²) < 4.78 is 12.9. The third-order valence-corrected chi connectivity index (χ3v) is 2.59. The van der Waals surface area contributed by atoms with Crippen LogP contribution in [0, 0.1) is 5.82 Å². The molecule has 0 aliphatic heterocycles. The molecule has 0 heterocycles. The monoisotopic (exact) mass is 243 g/mol.